The van der Waals surface area contributed by atoms with Crippen molar-refractivity contribution in [2.45, 2.75) is 31.3 Å². The lowest BCUT2D eigenvalue weighted by molar-refractivity contribution is 0.143. The number of aromatic nitrogens is 1. The van der Waals surface area contributed by atoms with Gasteiger partial charge in [0, 0.05) is 25.2 Å². The molecule has 2 unspecified atom stereocenters. The molecule has 7 nitrogen and oxygen atoms in total. The first kappa shape index (κ1) is 16.6. The second-order valence-electron chi connectivity index (χ2n) is 7.66. The van der Waals surface area contributed by atoms with Crippen molar-refractivity contribution in [1.29, 1.82) is 0 Å². The van der Waals surface area contributed by atoms with E-state index in [0.29, 0.717) is 23.2 Å². The number of fused-ring (bicyclic) bond motifs is 2. The van der Waals surface area contributed by atoms with Crippen molar-refractivity contribution >= 4 is 22.7 Å². The van der Waals surface area contributed by atoms with E-state index in [-0.39, 0.29) is 17.2 Å². The number of anilines is 1. The number of halogens is 1. The van der Waals surface area contributed by atoms with Crippen LogP contribution in [0.15, 0.2) is 23.1 Å². The molecule has 3 aliphatic rings. The second-order valence-corrected chi connectivity index (χ2v) is 7.66. The minimum absolute atomic E-state index is 0.152. The predicted octanol–water partition coefficient (Wildman–Crippen LogP) is 2.33. The van der Waals surface area contributed by atoms with Crippen LogP contribution in [-0.4, -0.2) is 41.5 Å². The highest BCUT2D eigenvalue weighted by atomic mass is 19.1. The molecule has 142 valence electrons. The molecule has 2 saturated heterocycles. The van der Waals surface area contributed by atoms with Crippen LogP contribution >= 0.6 is 0 Å². The molecule has 1 aromatic carbocycles. The summed E-state index contributed by atoms with van der Waals surface area (Å²) in [4.78, 5) is 25.5. The summed E-state index contributed by atoms with van der Waals surface area (Å²) in [6, 6.07) is 3.53. The largest absolute Gasteiger partial charge is 0.511 e. The summed E-state index contributed by atoms with van der Waals surface area (Å²) in [5.74, 6) is -0.222. The van der Waals surface area contributed by atoms with Gasteiger partial charge in [0.1, 0.15) is 5.82 Å². The Kier molecular flexibility index (Phi) is 3.65. The maximum Gasteiger partial charge on any atom is 0.511 e. The van der Waals surface area contributed by atoms with E-state index in [4.69, 9.17) is 5.11 Å². The van der Waals surface area contributed by atoms with E-state index in [1.165, 1.54) is 12.3 Å². The van der Waals surface area contributed by atoms with Gasteiger partial charge >= 0.3 is 6.16 Å². The lowest BCUT2D eigenvalue weighted by atomic mass is 10.1. The molecule has 1 aliphatic carbocycles. The topological polar surface area (TPSA) is 83.8 Å². The van der Waals surface area contributed by atoms with Crippen molar-refractivity contribution < 1.29 is 19.0 Å². The van der Waals surface area contributed by atoms with Gasteiger partial charge in [-0.15, -0.1) is 0 Å². The first-order valence-electron chi connectivity index (χ1n) is 9.29. The van der Waals surface area contributed by atoms with Crippen molar-refractivity contribution in [2.75, 3.05) is 24.5 Å². The monoisotopic (exact) mass is 373 g/mol. The van der Waals surface area contributed by atoms with Crippen LogP contribution in [-0.2, 0) is 0 Å². The van der Waals surface area contributed by atoms with Crippen LogP contribution in [0.1, 0.15) is 25.3 Å². The number of carbonyl (C=O) groups is 1. The first-order valence-corrected chi connectivity index (χ1v) is 9.29. The van der Waals surface area contributed by atoms with Gasteiger partial charge in [0.2, 0.25) is 5.43 Å². The van der Waals surface area contributed by atoms with Crippen molar-refractivity contribution in [3.63, 3.8) is 0 Å². The average molecular weight is 373 g/mol. The Morgan fingerprint density at radius 3 is 2.78 bits per heavy atom. The Morgan fingerprint density at radius 2 is 2.07 bits per heavy atom. The molecular weight excluding hydrogens is 353 g/mol. The van der Waals surface area contributed by atoms with Crippen LogP contribution in [0.3, 0.4) is 0 Å². The number of pyridine rings is 1. The van der Waals surface area contributed by atoms with E-state index in [1.54, 1.807) is 6.07 Å². The fourth-order valence-electron chi connectivity index (χ4n) is 4.44. The maximum atomic E-state index is 14.9. The van der Waals surface area contributed by atoms with E-state index in [0.717, 1.165) is 38.9 Å². The van der Waals surface area contributed by atoms with Crippen molar-refractivity contribution in [3.05, 3.63) is 34.4 Å². The molecule has 2 aliphatic heterocycles. The normalized spacial score (nSPS) is 24.4. The number of hydrogen-bond acceptors (Lipinski definition) is 5. The number of rotatable bonds is 3. The Bertz CT molecular complexity index is 989. The average Bonchev–Trinajstić information content (AvgIpc) is 3.24. The van der Waals surface area contributed by atoms with Crippen LogP contribution in [0, 0.1) is 11.7 Å². The third-order valence-corrected chi connectivity index (χ3v) is 5.91. The van der Waals surface area contributed by atoms with Gasteiger partial charge in [-0.2, -0.15) is 0 Å². The van der Waals surface area contributed by atoms with Gasteiger partial charge in [0.05, 0.1) is 22.8 Å². The van der Waals surface area contributed by atoms with Crippen LogP contribution in [0.25, 0.3) is 10.9 Å². The van der Waals surface area contributed by atoms with Crippen molar-refractivity contribution in [3.8, 4) is 5.75 Å². The number of nitrogens with one attached hydrogen (secondary N) is 1. The van der Waals surface area contributed by atoms with Gasteiger partial charge in [-0.05, 0) is 43.9 Å². The quantitative estimate of drug-likeness (QED) is 0.804. The van der Waals surface area contributed by atoms with Gasteiger partial charge in [0.15, 0.2) is 5.75 Å². The maximum absolute atomic E-state index is 14.9. The summed E-state index contributed by atoms with van der Waals surface area (Å²) in [5.41, 5.74) is 0.524. The van der Waals surface area contributed by atoms with Gasteiger partial charge in [-0.25, -0.2) is 9.18 Å². The van der Waals surface area contributed by atoms with Crippen molar-refractivity contribution in [2.24, 2.45) is 5.92 Å². The molecule has 5 rings (SSSR count). The molecule has 0 spiro atoms. The molecule has 1 saturated carbocycles. The summed E-state index contributed by atoms with van der Waals surface area (Å²) >= 11 is 0. The zero-order valence-corrected chi connectivity index (χ0v) is 14.7. The molecule has 8 heteroatoms. The molecule has 2 aromatic rings. The lowest BCUT2D eigenvalue weighted by Crippen LogP contribution is -2.30. The highest BCUT2D eigenvalue weighted by molar-refractivity contribution is 5.85. The first-order chi connectivity index (χ1) is 13.0. The number of ether oxygens (including phenoxy) is 1. The summed E-state index contributed by atoms with van der Waals surface area (Å²) in [7, 11) is 0. The van der Waals surface area contributed by atoms with Crippen molar-refractivity contribution in [1.82, 2.24) is 9.88 Å². The molecule has 1 aromatic heterocycles. The van der Waals surface area contributed by atoms with Crippen LogP contribution in [0.5, 0.6) is 5.75 Å². The summed E-state index contributed by atoms with van der Waals surface area (Å²) < 4.78 is 21.4. The smallest absolute Gasteiger partial charge is 0.449 e. The van der Waals surface area contributed by atoms with E-state index < -0.39 is 17.4 Å². The fourth-order valence-corrected chi connectivity index (χ4v) is 4.44. The Labute approximate surface area is 154 Å². The Morgan fingerprint density at radius 1 is 1.26 bits per heavy atom. The third-order valence-electron chi connectivity index (χ3n) is 5.91. The number of nitrogens with zero attached hydrogens (tertiary/aromatic N) is 2. The van der Waals surface area contributed by atoms with Crippen LogP contribution < -0.4 is 20.4 Å². The molecule has 2 atom stereocenters. The highest BCUT2D eigenvalue weighted by Crippen LogP contribution is 2.39. The molecule has 3 fully saturated rings. The minimum Gasteiger partial charge on any atom is -0.449 e. The zero-order chi connectivity index (χ0) is 18.7. The van der Waals surface area contributed by atoms with Gasteiger partial charge in [-0.3, -0.25) is 4.79 Å². The molecule has 0 radical (unpaired) electrons. The zero-order valence-electron chi connectivity index (χ0n) is 14.7. The van der Waals surface area contributed by atoms with E-state index >= 15 is 0 Å². The van der Waals surface area contributed by atoms with Gasteiger partial charge in [-0.1, -0.05) is 0 Å². The number of benzene rings is 1. The second kappa shape index (κ2) is 5.95. The molecule has 2 N–H and O–H groups in total. The number of hydrogen-bond donors (Lipinski definition) is 2. The standard InChI is InChI=1S/C19H20FN3O4/c20-13-5-12-15(6-16(13)22-7-10-3-4-21-14(10)8-22)23(11-1-2-11)9-17(18(12)24)27-19(25)26/h5-6,9-11,14,21H,1-4,7-8H2,(H,25,26). The highest BCUT2D eigenvalue weighted by Gasteiger charge is 2.37. The SMILES string of the molecule is O=C(O)Oc1cn(C2CC2)c2cc(N3CC4CCNC4C3)c(F)cc2c1=O. The van der Waals surface area contributed by atoms with Gasteiger partial charge < -0.3 is 24.6 Å². The summed E-state index contributed by atoms with van der Waals surface area (Å²) in [6.07, 6.45) is 2.86. The van der Waals surface area contributed by atoms with E-state index in [2.05, 4.69) is 10.1 Å². The van der Waals surface area contributed by atoms with E-state index in [9.17, 15) is 14.0 Å². The third kappa shape index (κ3) is 2.75. The molecular formula is C19H20FN3O4. The molecule has 0 amide bonds. The number of carboxylic acid groups (broad SMARTS) is 1. The van der Waals surface area contributed by atoms with Crippen LogP contribution in [0.2, 0.25) is 0 Å². The minimum atomic E-state index is -1.55. The Balaban J connectivity index is 1.63. The Hall–Kier alpha value is -2.61. The van der Waals surface area contributed by atoms with Crippen LogP contribution in [0.4, 0.5) is 14.9 Å². The molecule has 0 bridgehead atoms. The van der Waals surface area contributed by atoms with Gasteiger partial charge in [0.25, 0.3) is 0 Å². The lowest BCUT2D eigenvalue weighted by Gasteiger charge is -2.22. The predicted molar refractivity (Wildman–Crippen MR) is 97.2 cm³/mol. The fraction of sp³-hybridized carbons (Fsp3) is 0.474. The molecule has 27 heavy (non-hydrogen) atoms. The summed E-state index contributed by atoms with van der Waals surface area (Å²) in [6.45, 7) is 2.56. The molecule has 3 heterocycles. The van der Waals surface area contributed by atoms with E-state index in [1.807, 2.05) is 9.47 Å². The summed E-state index contributed by atoms with van der Waals surface area (Å²) in [5, 5.41) is 12.5.